The van der Waals surface area contributed by atoms with Crippen molar-refractivity contribution in [2.45, 2.75) is 33.1 Å². The summed E-state index contributed by atoms with van der Waals surface area (Å²) in [4.78, 5) is 9.70. The molecule has 0 saturated heterocycles. The predicted octanol–water partition coefficient (Wildman–Crippen LogP) is 1.28. The van der Waals surface area contributed by atoms with Gasteiger partial charge >= 0.3 is 0 Å². The van der Waals surface area contributed by atoms with Crippen LogP contribution < -0.4 is 0 Å². The summed E-state index contributed by atoms with van der Waals surface area (Å²) in [5, 5.41) is 26.9. The fraction of sp³-hybridized carbons (Fsp3) is 0.846. The highest BCUT2D eigenvalue weighted by Gasteiger charge is 2.29. The third kappa shape index (κ3) is 10.7. The maximum atomic E-state index is 8.96. The zero-order chi connectivity index (χ0) is 14.3. The molecule has 0 heterocycles. The van der Waals surface area contributed by atoms with Gasteiger partial charge in [-0.1, -0.05) is 25.8 Å². The normalized spacial score (nSPS) is 10.7. The quantitative estimate of drug-likeness (QED) is 0.240. The van der Waals surface area contributed by atoms with Gasteiger partial charge in [0.05, 0.1) is 38.4 Å². The first kappa shape index (κ1) is 19.9. The summed E-state index contributed by atoms with van der Waals surface area (Å²) < 4.78 is 0. The van der Waals surface area contributed by atoms with E-state index in [4.69, 9.17) is 25.1 Å². The molecule has 0 atom stereocenters. The molecule has 0 aromatic carbocycles. The molecule has 0 unspecified atom stereocenters. The summed E-state index contributed by atoms with van der Waals surface area (Å²) in [5.41, 5.74) is -1.01. The number of hydrogen-bond donors (Lipinski definition) is 3. The van der Waals surface area contributed by atoms with Crippen molar-refractivity contribution in [2.24, 2.45) is 5.41 Å². The number of rotatable bonds is 10. The van der Waals surface area contributed by atoms with Crippen LogP contribution in [0.5, 0.6) is 0 Å². The van der Waals surface area contributed by atoms with E-state index in [0.717, 1.165) is 19.3 Å². The molecule has 0 spiro atoms. The van der Waals surface area contributed by atoms with Gasteiger partial charge in [0.2, 0.25) is 0 Å². The molecule has 3 N–H and O–H groups in total. The highest BCUT2D eigenvalue weighted by molar-refractivity contribution is 4.75. The maximum Gasteiger partial charge on any atom is 0.0944 e. The molecule has 0 radical (unpaired) electrons. The van der Waals surface area contributed by atoms with E-state index >= 15 is 0 Å². The first-order chi connectivity index (χ1) is 8.66. The molecular formula is C13H28O5. The van der Waals surface area contributed by atoms with Crippen LogP contribution in [0.2, 0.25) is 0 Å². The lowest BCUT2D eigenvalue weighted by atomic mass is 9.93. The summed E-state index contributed by atoms with van der Waals surface area (Å²) in [5.74, 6) is 0. The lowest BCUT2D eigenvalue weighted by Gasteiger charge is -2.25. The van der Waals surface area contributed by atoms with Crippen LogP contribution >= 0.6 is 0 Å². The Kier molecular flexibility index (Phi) is 16.1. The third-order valence-corrected chi connectivity index (χ3v) is 2.29. The highest BCUT2D eigenvalue weighted by Crippen LogP contribution is 2.15. The van der Waals surface area contributed by atoms with Gasteiger partial charge in [0.15, 0.2) is 0 Å². The number of aliphatic hydroxyl groups is 3. The molecule has 5 heteroatoms. The standard InChI is InChI=1S/C10H22O5.C3H6/c1-2-3-4-5-14-15-9-10(6-11,7-12)8-13;1-3-2/h11-13H,2-9H2,1H3;3H,1H2,2H3. The van der Waals surface area contributed by atoms with Gasteiger partial charge in [-0.2, -0.15) is 0 Å². The minimum atomic E-state index is -1.01. The van der Waals surface area contributed by atoms with Crippen LogP contribution in [0.3, 0.4) is 0 Å². The van der Waals surface area contributed by atoms with E-state index in [2.05, 4.69) is 13.5 Å². The molecule has 0 aromatic heterocycles. The Hall–Kier alpha value is -0.460. The average molecular weight is 264 g/mol. The molecule has 5 nitrogen and oxygen atoms in total. The zero-order valence-electron chi connectivity index (χ0n) is 11.6. The van der Waals surface area contributed by atoms with Crippen LogP contribution in [-0.2, 0) is 9.78 Å². The Bertz CT molecular complexity index is 160. The molecule has 110 valence electrons. The van der Waals surface area contributed by atoms with Crippen molar-refractivity contribution in [3.8, 4) is 0 Å². The van der Waals surface area contributed by atoms with Gasteiger partial charge < -0.3 is 15.3 Å². The molecule has 18 heavy (non-hydrogen) atoms. The summed E-state index contributed by atoms with van der Waals surface area (Å²) in [6.07, 6.45) is 4.85. The summed E-state index contributed by atoms with van der Waals surface area (Å²) >= 11 is 0. The monoisotopic (exact) mass is 264 g/mol. The highest BCUT2D eigenvalue weighted by atomic mass is 17.2. The van der Waals surface area contributed by atoms with Crippen LogP contribution in [0.15, 0.2) is 12.7 Å². The number of allylic oxidation sites excluding steroid dienone is 1. The molecule has 0 aliphatic carbocycles. The second kappa shape index (κ2) is 14.6. The van der Waals surface area contributed by atoms with Crippen molar-refractivity contribution in [1.29, 1.82) is 0 Å². The fourth-order valence-corrected chi connectivity index (χ4v) is 0.924. The molecule has 0 aliphatic heterocycles. The van der Waals surface area contributed by atoms with Crippen molar-refractivity contribution in [2.75, 3.05) is 33.0 Å². The van der Waals surface area contributed by atoms with Crippen molar-refractivity contribution < 1.29 is 25.1 Å². The molecule has 0 saturated carbocycles. The maximum absolute atomic E-state index is 8.96. The van der Waals surface area contributed by atoms with Gasteiger partial charge in [0, 0.05) is 0 Å². The first-order valence-electron chi connectivity index (χ1n) is 6.30. The molecule has 0 bridgehead atoms. The van der Waals surface area contributed by atoms with E-state index in [1.54, 1.807) is 6.08 Å². The van der Waals surface area contributed by atoms with E-state index in [9.17, 15) is 0 Å². The van der Waals surface area contributed by atoms with Crippen LogP contribution in [0.4, 0.5) is 0 Å². The Morgan fingerprint density at radius 2 is 1.56 bits per heavy atom. The summed E-state index contributed by atoms with van der Waals surface area (Å²) in [6, 6.07) is 0. The summed E-state index contributed by atoms with van der Waals surface area (Å²) in [6.45, 7) is 6.82. The van der Waals surface area contributed by atoms with Gasteiger partial charge in [-0.3, -0.25) is 0 Å². The van der Waals surface area contributed by atoms with Crippen molar-refractivity contribution in [3.05, 3.63) is 12.7 Å². The van der Waals surface area contributed by atoms with Crippen LogP contribution in [0.1, 0.15) is 33.1 Å². The van der Waals surface area contributed by atoms with Gasteiger partial charge in [-0.15, -0.1) is 6.58 Å². The van der Waals surface area contributed by atoms with Crippen LogP contribution in [0.25, 0.3) is 0 Å². The van der Waals surface area contributed by atoms with E-state index < -0.39 is 5.41 Å². The van der Waals surface area contributed by atoms with Crippen molar-refractivity contribution in [3.63, 3.8) is 0 Å². The Morgan fingerprint density at radius 1 is 1.06 bits per heavy atom. The second-order valence-corrected chi connectivity index (χ2v) is 4.17. The molecule has 0 aliphatic rings. The second-order valence-electron chi connectivity index (χ2n) is 4.17. The third-order valence-electron chi connectivity index (χ3n) is 2.29. The molecular weight excluding hydrogens is 236 g/mol. The lowest BCUT2D eigenvalue weighted by molar-refractivity contribution is -0.316. The topological polar surface area (TPSA) is 79.2 Å². The van der Waals surface area contributed by atoms with Crippen molar-refractivity contribution >= 4 is 0 Å². The largest absolute Gasteiger partial charge is 0.396 e. The number of aliphatic hydroxyl groups excluding tert-OH is 3. The Morgan fingerprint density at radius 3 is 1.94 bits per heavy atom. The minimum Gasteiger partial charge on any atom is -0.396 e. The molecule has 0 fully saturated rings. The van der Waals surface area contributed by atoms with Crippen molar-refractivity contribution in [1.82, 2.24) is 0 Å². The van der Waals surface area contributed by atoms with Crippen LogP contribution in [0, 0.1) is 5.41 Å². The first-order valence-corrected chi connectivity index (χ1v) is 6.30. The molecule has 0 aromatic rings. The van der Waals surface area contributed by atoms with E-state index in [0.29, 0.717) is 6.61 Å². The van der Waals surface area contributed by atoms with Gasteiger partial charge in [-0.05, 0) is 13.3 Å². The predicted molar refractivity (Wildman–Crippen MR) is 71.0 cm³/mol. The average Bonchev–Trinajstić information content (AvgIpc) is 2.40. The number of hydrogen-bond acceptors (Lipinski definition) is 5. The number of unbranched alkanes of at least 4 members (excludes halogenated alkanes) is 2. The summed E-state index contributed by atoms with van der Waals surface area (Å²) in [7, 11) is 0. The lowest BCUT2D eigenvalue weighted by Crippen LogP contribution is -2.38. The molecule has 0 amide bonds. The zero-order valence-corrected chi connectivity index (χ0v) is 11.6. The van der Waals surface area contributed by atoms with E-state index in [1.165, 1.54) is 0 Å². The van der Waals surface area contributed by atoms with Crippen LogP contribution in [-0.4, -0.2) is 48.4 Å². The Balaban J connectivity index is 0. The minimum absolute atomic E-state index is 0.0113. The van der Waals surface area contributed by atoms with Gasteiger partial charge in [0.1, 0.15) is 0 Å². The van der Waals surface area contributed by atoms with E-state index in [1.807, 2.05) is 6.92 Å². The van der Waals surface area contributed by atoms with E-state index in [-0.39, 0.29) is 26.4 Å². The molecule has 0 rings (SSSR count). The van der Waals surface area contributed by atoms with Gasteiger partial charge in [-0.25, -0.2) is 9.78 Å². The SMILES string of the molecule is C=CC.CCCCCOOCC(CO)(CO)CO. The fourth-order valence-electron chi connectivity index (χ4n) is 0.924. The smallest absolute Gasteiger partial charge is 0.0944 e. The Labute approximate surface area is 110 Å². The van der Waals surface area contributed by atoms with Gasteiger partial charge in [0.25, 0.3) is 0 Å².